The lowest BCUT2D eigenvalue weighted by Gasteiger charge is -2.42. The molecule has 1 aliphatic carbocycles. The number of piperidine rings is 1. The molecule has 2 aromatic rings. The fraction of sp³-hybridized carbons (Fsp3) is 0.524. The van der Waals surface area contributed by atoms with Gasteiger partial charge in [0, 0.05) is 13.1 Å². The summed E-state index contributed by atoms with van der Waals surface area (Å²) in [7, 11) is 0. The number of halogens is 3. The third-order valence-corrected chi connectivity index (χ3v) is 7.32. The summed E-state index contributed by atoms with van der Waals surface area (Å²) in [5.74, 6) is 1.39. The number of rotatable bonds is 4. The number of anilines is 1. The first-order valence-electron chi connectivity index (χ1n) is 9.94. The highest BCUT2D eigenvalue weighted by Crippen LogP contribution is 2.50. The van der Waals surface area contributed by atoms with Gasteiger partial charge in [-0.05, 0) is 42.7 Å². The van der Waals surface area contributed by atoms with Gasteiger partial charge >= 0.3 is 6.36 Å². The first-order valence-corrected chi connectivity index (χ1v) is 10.8. The minimum Gasteiger partial charge on any atom is -0.405 e. The molecule has 0 unspecified atom stereocenters. The van der Waals surface area contributed by atoms with Gasteiger partial charge in [0.2, 0.25) is 0 Å². The molecule has 1 saturated carbocycles. The van der Waals surface area contributed by atoms with Crippen LogP contribution in [-0.2, 0) is 0 Å². The number of aromatic nitrogens is 2. The SMILES string of the molecule is C[C@@H]1CCCC12CCN(c1cnc(Sc3ccccc3OC(F)(F)F)cn1)CC2. The van der Waals surface area contributed by atoms with Gasteiger partial charge in [0.25, 0.3) is 0 Å². The molecule has 8 heteroatoms. The molecule has 1 aliphatic heterocycles. The third kappa shape index (κ3) is 4.63. The smallest absolute Gasteiger partial charge is 0.405 e. The molecule has 1 aromatic carbocycles. The Hall–Kier alpha value is -1.96. The van der Waals surface area contributed by atoms with Crippen LogP contribution in [0.2, 0.25) is 0 Å². The summed E-state index contributed by atoms with van der Waals surface area (Å²) < 4.78 is 41.9. The van der Waals surface area contributed by atoms with Gasteiger partial charge < -0.3 is 9.64 Å². The van der Waals surface area contributed by atoms with Crippen molar-refractivity contribution < 1.29 is 17.9 Å². The average molecular weight is 424 g/mol. The summed E-state index contributed by atoms with van der Waals surface area (Å²) in [6, 6.07) is 6.05. The van der Waals surface area contributed by atoms with E-state index in [0.717, 1.165) is 36.6 Å². The molecule has 2 heterocycles. The van der Waals surface area contributed by atoms with Gasteiger partial charge in [0.05, 0.1) is 17.3 Å². The van der Waals surface area contributed by atoms with Crippen molar-refractivity contribution in [1.82, 2.24) is 9.97 Å². The van der Waals surface area contributed by atoms with Gasteiger partial charge in [0.1, 0.15) is 16.6 Å². The Morgan fingerprint density at radius 2 is 1.86 bits per heavy atom. The van der Waals surface area contributed by atoms with Crippen molar-refractivity contribution in [3.8, 4) is 5.75 Å². The van der Waals surface area contributed by atoms with Crippen molar-refractivity contribution in [2.75, 3.05) is 18.0 Å². The zero-order valence-electron chi connectivity index (χ0n) is 16.3. The maximum Gasteiger partial charge on any atom is 0.573 e. The highest BCUT2D eigenvalue weighted by Gasteiger charge is 2.42. The summed E-state index contributed by atoms with van der Waals surface area (Å²) in [5.41, 5.74) is 0.502. The zero-order valence-corrected chi connectivity index (χ0v) is 17.1. The number of ether oxygens (including phenoxy) is 1. The Kier molecular flexibility index (Phi) is 5.64. The zero-order chi connectivity index (χ0) is 20.5. The molecule has 0 bridgehead atoms. The molecular formula is C21H24F3N3OS. The van der Waals surface area contributed by atoms with Crippen molar-refractivity contribution in [3.05, 3.63) is 36.7 Å². The van der Waals surface area contributed by atoms with E-state index < -0.39 is 6.36 Å². The first kappa shape index (κ1) is 20.3. The predicted molar refractivity (Wildman–Crippen MR) is 106 cm³/mol. The molecule has 156 valence electrons. The van der Waals surface area contributed by atoms with Crippen LogP contribution in [-0.4, -0.2) is 29.4 Å². The van der Waals surface area contributed by atoms with Crippen molar-refractivity contribution in [1.29, 1.82) is 0 Å². The maximum atomic E-state index is 12.6. The number of para-hydroxylation sites is 1. The summed E-state index contributed by atoms with van der Waals surface area (Å²) >= 11 is 1.11. The second-order valence-electron chi connectivity index (χ2n) is 7.95. The molecule has 29 heavy (non-hydrogen) atoms. The van der Waals surface area contributed by atoms with Crippen molar-refractivity contribution in [3.63, 3.8) is 0 Å². The van der Waals surface area contributed by atoms with Crippen LogP contribution in [0.4, 0.5) is 19.0 Å². The van der Waals surface area contributed by atoms with Gasteiger partial charge in [0.15, 0.2) is 0 Å². The minimum atomic E-state index is -4.73. The van der Waals surface area contributed by atoms with Crippen LogP contribution in [0, 0.1) is 11.3 Å². The molecule has 1 spiro atoms. The van der Waals surface area contributed by atoms with E-state index in [0.29, 0.717) is 15.3 Å². The van der Waals surface area contributed by atoms with E-state index in [4.69, 9.17) is 0 Å². The van der Waals surface area contributed by atoms with Gasteiger partial charge in [-0.1, -0.05) is 43.7 Å². The van der Waals surface area contributed by atoms with Crippen LogP contribution in [0.1, 0.15) is 39.0 Å². The lowest BCUT2D eigenvalue weighted by atomic mass is 9.71. The summed E-state index contributed by atoms with van der Waals surface area (Å²) in [5, 5.41) is 0.532. The molecule has 0 radical (unpaired) electrons. The summed E-state index contributed by atoms with van der Waals surface area (Å²) in [6.07, 6.45) is 5.00. The number of benzene rings is 1. The Labute approximate surface area is 172 Å². The molecule has 1 aromatic heterocycles. The van der Waals surface area contributed by atoms with Crippen molar-refractivity contribution >= 4 is 17.6 Å². The van der Waals surface area contributed by atoms with Crippen LogP contribution < -0.4 is 9.64 Å². The number of hydrogen-bond donors (Lipinski definition) is 0. The second kappa shape index (κ2) is 8.05. The van der Waals surface area contributed by atoms with E-state index in [-0.39, 0.29) is 5.75 Å². The van der Waals surface area contributed by atoms with Crippen molar-refractivity contribution in [2.45, 2.75) is 55.3 Å². The fourth-order valence-corrected chi connectivity index (χ4v) is 5.41. The monoisotopic (exact) mass is 423 g/mol. The Bertz CT molecular complexity index is 836. The number of hydrogen-bond acceptors (Lipinski definition) is 5. The molecule has 1 saturated heterocycles. The van der Waals surface area contributed by atoms with Crippen LogP contribution in [0.15, 0.2) is 46.6 Å². The molecule has 2 aliphatic rings. The van der Waals surface area contributed by atoms with E-state index in [1.54, 1.807) is 24.5 Å². The molecule has 0 amide bonds. The number of alkyl halides is 3. The molecule has 4 rings (SSSR count). The standard InChI is InChI=1S/C21H24F3N3OS/c1-15-5-4-8-20(15)9-11-27(12-10-20)18-13-26-19(14-25-18)29-17-7-3-2-6-16(17)28-21(22,23)24/h2-3,6-7,13-15H,4-5,8-12H2,1H3/t15-/m1/s1. The van der Waals surface area contributed by atoms with E-state index in [9.17, 15) is 13.2 Å². The van der Waals surface area contributed by atoms with Gasteiger partial charge in [-0.3, -0.25) is 0 Å². The Morgan fingerprint density at radius 1 is 1.10 bits per heavy atom. The van der Waals surface area contributed by atoms with Gasteiger partial charge in [-0.25, -0.2) is 9.97 Å². The lowest BCUT2D eigenvalue weighted by molar-refractivity contribution is -0.275. The summed E-state index contributed by atoms with van der Waals surface area (Å²) in [6.45, 7) is 4.34. The topological polar surface area (TPSA) is 38.2 Å². The molecule has 0 N–H and O–H groups in total. The van der Waals surface area contributed by atoms with E-state index >= 15 is 0 Å². The number of nitrogens with zero attached hydrogens (tertiary/aromatic N) is 3. The molecule has 2 fully saturated rings. The highest BCUT2D eigenvalue weighted by atomic mass is 32.2. The van der Waals surface area contributed by atoms with E-state index in [2.05, 4.69) is 26.5 Å². The highest BCUT2D eigenvalue weighted by molar-refractivity contribution is 7.99. The third-order valence-electron chi connectivity index (χ3n) is 6.34. The Balaban J connectivity index is 1.41. The molecule has 4 nitrogen and oxygen atoms in total. The van der Waals surface area contributed by atoms with E-state index in [1.165, 1.54) is 44.2 Å². The van der Waals surface area contributed by atoms with Gasteiger partial charge in [-0.2, -0.15) is 0 Å². The van der Waals surface area contributed by atoms with Crippen LogP contribution in [0.25, 0.3) is 0 Å². The van der Waals surface area contributed by atoms with Crippen LogP contribution in [0.5, 0.6) is 5.75 Å². The van der Waals surface area contributed by atoms with E-state index in [1.807, 2.05) is 0 Å². The normalized spacial score (nSPS) is 21.5. The fourth-order valence-electron chi connectivity index (χ4n) is 4.62. The maximum absolute atomic E-state index is 12.6. The van der Waals surface area contributed by atoms with Crippen LogP contribution >= 0.6 is 11.8 Å². The molecular weight excluding hydrogens is 399 g/mol. The largest absolute Gasteiger partial charge is 0.573 e. The first-order chi connectivity index (χ1) is 13.8. The average Bonchev–Trinajstić information content (AvgIpc) is 3.03. The van der Waals surface area contributed by atoms with Crippen LogP contribution in [0.3, 0.4) is 0 Å². The minimum absolute atomic E-state index is 0.233. The summed E-state index contributed by atoms with van der Waals surface area (Å²) in [4.78, 5) is 11.5. The predicted octanol–water partition coefficient (Wildman–Crippen LogP) is 5.93. The molecule has 1 atom stereocenters. The van der Waals surface area contributed by atoms with Gasteiger partial charge in [-0.15, -0.1) is 13.2 Å². The quantitative estimate of drug-likeness (QED) is 0.609. The Morgan fingerprint density at radius 3 is 2.48 bits per heavy atom. The lowest BCUT2D eigenvalue weighted by Crippen LogP contribution is -2.41. The van der Waals surface area contributed by atoms with Crippen molar-refractivity contribution in [2.24, 2.45) is 11.3 Å². The second-order valence-corrected chi connectivity index (χ2v) is 9.01.